The zero-order chi connectivity index (χ0) is 41.7. The standard InChI is InChI=1S/C60H42BN/c61-60-24-14-13-23-57(60)56-40-32-51(46-21-11-4-12-22-46)42-59(56)58-41-50(45-19-9-3-10-20-45)31-39-55(58)49-29-37-54(38-30-49)62(52-33-25-47(26-34-52)43-15-5-1-6-16-43)53-35-27-48(28-36-53)44-17-7-2-8-18-44/h1-42H. The summed E-state index contributed by atoms with van der Waals surface area (Å²) in [6.45, 7) is 0. The number of benzene rings is 10. The van der Waals surface area contributed by atoms with E-state index >= 15 is 0 Å². The molecule has 1 nitrogen and oxygen atoms in total. The quantitative estimate of drug-likeness (QED) is 0.125. The van der Waals surface area contributed by atoms with Crippen LogP contribution >= 0.6 is 0 Å². The van der Waals surface area contributed by atoms with Crippen molar-refractivity contribution in [3.8, 4) is 77.9 Å². The lowest BCUT2D eigenvalue weighted by molar-refractivity contribution is 1.28. The second-order valence-electron chi connectivity index (χ2n) is 15.5. The zero-order valence-electron chi connectivity index (χ0n) is 34.3. The summed E-state index contributed by atoms with van der Waals surface area (Å²) in [6.07, 6.45) is 0. The Balaban J connectivity index is 1.11. The highest BCUT2D eigenvalue weighted by molar-refractivity contribution is 6.36. The molecule has 2 radical (unpaired) electrons. The minimum atomic E-state index is 0.750. The Labute approximate surface area is 366 Å². The third kappa shape index (κ3) is 7.90. The van der Waals surface area contributed by atoms with Crippen LogP contribution in [-0.2, 0) is 0 Å². The monoisotopic (exact) mass is 787 g/mol. The molecule has 0 aliphatic carbocycles. The molecule has 2 heteroatoms. The molecular formula is C60H42BN. The first-order valence-electron chi connectivity index (χ1n) is 21.1. The predicted octanol–water partition coefficient (Wildman–Crippen LogP) is 15.6. The van der Waals surface area contributed by atoms with Crippen LogP contribution in [0.5, 0.6) is 0 Å². The van der Waals surface area contributed by atoms with E-state index in [1.165, 1.54) is 33.4 Å². The van der Waals surface area contributed by atoms with Gasteiger partial charge in [0, 0.05) is 17.1 Å². The van der Waals surface area contributed by atoms with Gasteiger partial charge in [-0.05, 0) is 126 Å². The van der Waals surface area contributed by atoms with E-state index in [0.29, 0.717) is 0 Å². The Morgan fingerprint density at radius 3 is 0.935 bits per heavy atom. The van der Waals surface area contributed by atoms with Crippen LogP contribution in [0.3, 0.4) is 0 Å². The molecule has 0 N–H and O–H groups in total. The fraction of sp³-hybridized carbons (Fsp3) is 0. The van der Waals surface area contributed by atoms with Gasteiger partial charge in [0.2, 0.25) is 0 Å². The molecule has 0 bridgehead atoms. The minimum Gasteiger partial charge on any atom is -0.311 e. The van der Waals surface area contributed by atoms with Gasteiger partial charge in [-0.2, -0.15) is 0 Å². The molecule has 0 saturated heterocycles. The predicted molar refractivity (Wildman–Crippen MR) is 265 cm³/mol. The van der Waals surface area contributed by atoms with Gasteiger partial charge in [0.05, 0.1) is 0 Å². The molecule has 0 heterocycles. The average molecular weight is 788 g/mol. The van der Waals surface area contributed by atoms with E-state index in [9.17, 15) is 0 Å². The normalized spacial score (nSPS) is 11.0. The first-order chi connectivity index (χ1) is 30.7. The molecule has 0 aliphatic heterocycles. The molecule has 290 valence electrons. The van der Waals surface area contributed by atoms with E-state index in [0.717, 1.165) is 67.0 Å². The van der Waals surface area contributed by atoms with E-state index in [2.05, 4.69) is 248 Å². The van der Waals surface area contributed by atoms with Gasteiger partial charge in [0.15, 0.2) is 0 Å². The van der Waals surface area contributed by atoms with Crippen LogP contribution in [0, 0.1) is 0 Å². The molecule has 0 amide bonds. The van der Waals surface area contributed by atoms with Crippen molar-refractivity contribution in [2.24, 2.45) is 0 Å². The highest BCUT2D eigenvalue weighted by atomic mass is 15.1. The molecule has 0 spiro atoms. The summed E-state index contributed by atoms with van der Waals surface area (Å²) >= 11 is 0. The first-order valence-corrected chi connectivity index (χ1v) is 21.1. The molecule has 0 atom stereocenters. The first kappa shape index (κ1) is 38.3. The molecule has 0 unspecified atom stereocenters. The molecule has 62 heavy (non-hydrogen) atoms. The lowest BCUT2D eigenvalue weighted by atomic mass is 9.81. The van der Waals surface area contributed by atoms with E-state index in [1.807, 2.05) is 12.1 Å². The maximum absolute atomic E-state index is 6.73. The highest BCUT2D eigenvalue weighted by Crippen LogP contribution is 2.43. The molecule has 0 fully saturated rings. The van der Waals surface area contributed by atoms with Crippen LogP contribution in [0.4, 0.5) is 17.1 Å². The van der Waals surface area contributed by atoms with Crippen molar-refractivity contribution in [3.05, 3.63) is 255 Å². The van der Waals surface area contributed by atoms with Gasteiger partial charge in [-0.25, -0.2) is 0 Å². The van der Waals surface area contributed by atoms with Crippen molar-refractivity contribution < 1.29 is 0 Å². The average Bonchev–Trinajstić information content (AvgIpc) is 3.36. The second kappa shape index (κ2) is 17.3. The smallest absolute Gasteiger partial charge is 0.114 e. The fourth-order valence-electron chi connectivity index (χ4n) is 8.49. The Morgan fingerprint density at radius 2 is 0.516 bits per heavy atom. The number of nitrogens with zero attached hydrogens (tertiary/aromatic N) is 1. The van der Waals surface area contributed by atoms with Crippen molar-refractivity contribution in [1.82, 2.24) is 0 Å². The molecule has 10 aromatic carbocycles. The maximum Gasteiger partial charge on any atom is 0.114 e. The maximum atomic E-state index is 6.73. The highest BCUT2D eigenvalue weighted by Gasteiger charge is 2.19. The van der Waals surface area contributed by atoms with Crippen LogP contribution in [-0.4, -0.2) is 7.85 Å². The van der Waals surface area contributed by atoms with Crippen LogP contribution in [0.2, 0.25) is 0 Å². The van der Waals surface area contributed by atoms with Gasteiger partial charge in [-0.1, -0.05) is 212 Å². The number of rotatable bonds is 10. The van der Waals surface area contributed by atoms with Crippen LogP contribution in [0.25, 0.3) is 77.9 Å². The summed E-state index contributed by atoms with van der Waals surface area (Å²) in [5.41, 5.74) is 20.0. The summed E-state index contributed by atoms with van der Waals surface area (Å²) in [6, 6.07) is 90.9. The summed E-state index contributed by atoms with van der Waals surface area (Å²) in [4.78, 5) is 2.34. The van der Waals surface area contributed by atoms with Gasteiger partial charge >= 0.3 is 0 Å². The largest absolute Gasteiger partial charge is 0.311 e. The van der Waals surface area contributed by atoms with Crippen molar-refractivity contribution in [2.75, 3.05) is 4.90 Å². The van der Waals surface area contributed by atoms with Crippen molar-refractivity contribution in [3.63, 3.8) is 0 Å². The molecule has 0 saturated carbocycles. The number of hydrogen-bond donors (Lipinski definition) is 0. The van der Waals surface area contributed by atoms with Crippen molar-refractivity contribution >= 4 is 30.4 Å². The Bertz CT molecular complexity index is 2990. The van der Waals surface area contributed by atoms with Crippen LogP contribution in [0.1, 0.15) is 0 Å². The van der Waals surface area contributed by atoms with Crippen molar-refractivity contribution in [1.29, 1.82) is 0 Å². The molecular weight excluding hydrogens is 745 g/mol. The SMILES string of the molecule is [B]c1ccccc1-c1ccc(-c2ccccc2)cc1-c1cc(-c2ccccc2)ccc1-c1ccc(N(c2ccc(-c3ccccc3)cc2)c2ccc(-c3ccccc3)cc2)cc1. The lowest BCUT2D eigenvalue weighted by Crippen LogP contribution is -2.09. The number of anilines is 3. The Kier molecular flexibility index (Phi) is 10.7. The van der Waals surface area contributed by atoms with E-state index in [4.69, 9.17) is 7.85 Å². The Hall–Kier alpha value is -7.94. The van der Waals surface area contributed by atoms with E-state index in [1.54, 1.807) is 0 Å². The van der Waals surface area contributed by atoms with Crippen molar-refractivity contribution in [2.45, 2.75) is 0 Å². The third-order valence-corrected chi connectivity index (χ3v) is 11.7. The molecule has 10 aromatic rings. The number of hydrogen-bond acceptors (Lipinski definition) is 1. The minimum absolute atomic E-state index is 0.750. The van der Waals surface area contributed by atoms with Crippen LogP contribution < -0.4 is 10.4 Å². The summed E-state index contributed by atoms with van der Waals surface area (Å²) in [5.74, 6) is 0. The second-order valence-corrected chi connectivity index (χ2v) is 15.5. The zero-order valence-corrected chi connectivity index (χ0v) is 34.3. The molecule has 10 rings (SSSR count). The van der Waals surface area contributed by atoms with Gasteiger partial charge in [-0.15, -0.1) is 0 Å². The van der Waals surface area contributed by atoms with Gasteiger partial charge in [-0.3, -0.25) is 0 Å². The van der Waals surface area contributed by atoms with Crippen LogP contribution in [0.15, 0.2) is 255 Å². The van der Waals surface area contributed by atoms with E-state index < -0.39 is 0 Å². The Morgan fingerprint density at radius 1 is 0.210 bits per heavy atom. The topological polar surface area (TPSA) is 3.24 Å². The third-order valence-electron chi connectivity index (χ3n) is 11.7. The molecule has 0 aromatic heterocycles. The van der Waals surface area contributed by atoms with Gasteiger partial charge < -0.3 is 4.90 Å². The van der Waals surface area contributed by atoms with Gasteiger partial charge in [0.1, 0.15) is 7.85 Å². The summed E-state index contributed by atoms with van der Waals surface area (Å²) in [7, 11) is 6.73. The van der Waals surface area contributed by atoms with Gasteiger partial charge in [0.25, 0.3) is 0 Å². The molecule has 0 aliphatic rings. The van der Waals surface area contributed by atoms with E-state index in [-0.39, 0.29) is 0 Å². The summed E-state index contributed by atoms with van der Waals surface area (Å²) < 4.78 is 0. The fourth-order valence-corrected chi connectivity index (χ4v) is 8.49. The lowest BCUT2D eigenvalue weighted by Gasteiger charge is -2.26. The summed E-state index contributed by atoms with van der Waals surface area (Å²) in [5, 5.41) is 0.